The summed E-state index contributed by atoms with van der Waals surface area (Å²) in [6.45, 7) is 1.63. The number of carbonyl (C=O) groups is 2. The SMILES string of the molecule is CCCN(CC(=O)O)C(=O)c1cc([N+](=O)[O-])ccc1Br. The van der Waals surface area contributed by atoms with Gasteiger partial charge in [0.05, 0.1) is 10.5 Å². The molecule has 1 aromatic rings. The van der Waals surface area contributed by atoms with Crippen molar-refractivity contribution in [2.45, 2.75) is 13.3 Å². The number of aliphatic carboxylic acids is 1. The van der Waals surface area contributed by atoms with E-state index in [4.69, 9.17) is 5.11 Å². The number of carbonyl (C=O) groups excluding carboxylic acids is 1. The average molecular weight is 345 g/mol. The van der Waals surface area contributed by atoms with Gasteiger partial charge in [0.25, 0.3) is 11.6 Å². The Bertz CT molecular complexity index is 547. The lowest BCUT2D eigenvalue weighted by molar-refractivity contribution is -0.384. The number of hydrogen-bond acceptors (Lipinski definition) is 4. The zero-order chi connectivity index (χ0) is 15.3. The van der Waals surface area contributed by atoms with Crippen LogP contribution >= 0.6 is 15.9 Å². The van der Waals surface area contributed by atoms with Crippen molar-refractivity contribution in [1.82, 2.24) is 4.90 Å². The number of nitrogens with zero attached hydrogens (tertiary/aromatic N) is 2. The Morgan fingerprint density at radius 3 is 2.60 bits per heavy atom. The molecule has 0 aliphatic rings. The second kappa shape index (κ2) is 6.99. The largest absolute Gasteiger partial charge is 0.480 e. The summed E-state index contributed by atoms with van der Waals surface area (Å²) in [5, 5.41) is 19.5. The van der Waals surface area contributed by atoms with Crippen LogP contribution < -0.4 is 0 Å². The van der Waals surface area contributed by atoms with Crippen LogP contribution in [0.25, 0.3) is 0 Å². The summed E-state index contributed by atoms with van der Waals surface area (Å²) in [6.07, 6.45) is 0.589. The monoisotopic (exact) mass is 344 g/mol. The summed E-state index contributed by atoms with van der Waals surface area (Å²) in [5.74, 6) is -1.68. The summed E-state index contributed by atoms with van der Waals surface area (Å²) in [7, 11) is 0. The van der Waals surface area contributed by atoms with E-state index in [9.17, 15) is 19.7 Å². The third-order valence-electron chi connectivity index (χ3n) is 2.50. The van der Waals surface area contributed by atoms with Gasteiger partial charge in [-0.05, 0) is 28.4 Å². The van der Waals surface area contributed by atoms with Crippen molar-refractivity contribution in [2.75, 3.05) is 13.1 Å². The molecule has 1 aromatic carbocycles. The highest BCUT2D eigenvalue weighted by molar-refractivity contribution is 9.10. The Morgan fingerprint density at radius 2 is 2.10 bits per heavy atom. The average Bonchev–Trinajstić information content (AvgIpc) is 2.37. The minimum Gasteiger partial charge on any atom is -0.480 e. The molecule has 1 amide bonds. The van der Waals surface area contributed by atoms with Crippen molar-refractivity contribution in [3.8, 4) is 0 Å². The Balaban J connectivity index is 3.13. The molecule has 7 nitrogen and oxygen atoms in total. The van der Waals surface area contributed by atoms with Gasteiger partial charge in [-0.1, -0.05) is 6.92 Å². The van der Waals surface area contributed by atoms with Gasteiger partial charge in [-0.15, -0.1) is 0 Å². The third kappa shape index (κ3) is 4.02. The van der Waals surface area contributed by atoms with Gasteiger partial charge in [-0.2, -0.15) is 0 Å². The summed E-state index contributed by atoms with van der Waals surface area (Å²) < 4.78 is 0.389. The fraction of sp³-hybridized carbons (Fsp3) is 0.333. The second-order valence-corrected chi connectivity index (χ2v) is 4.90. The molecule has 0 saturated heterocycles. The van der Waals surface area contributed by atoms with Crippen LogP contribution in [0.2, 0.25) is 0 Å². The summed E-state index contributed by atoms with van der Waals surface area (Å²) in [4.78, 5) is 34.3. The van der Waals surface area contributed by atoms with Crippen molar-refractivity contribution < 1.29 is 19.6 Å². The molecule has 1 N–H and O–H groups in total. The normalized spacial score (nSPS) is 10.1. The number of nitro groups is 1. The first kappa shape index (κ1) is 16.1. The maximum absolute atomic E-state index is 12.3. The molecule has 0 heterocycles. The molecular weight excluding hydrogens is 332 g/mol. The lowest BCUT2D eigenvalue weighted by Gasteiger charge is -2.20. The molecule has 0 aromatic heterocycles. The van der Waals surface area contributed by atoms with Gasteiger partial charge in [-0.25, -0.2) is 0 Å². The van der Waals surface area contributed by atoms with Gasteiger partial charge >= 0.3 is 5.97 Å². The topological polar surface area (TPSA) is 101 Å². The smallest absolute Gasteiger partial charge is 0.323 e. The van der Waals surface area contributed by atoms with Crippen LogP contribution in [0.15, 0.2) is 22.7 Å². The molecule has 20 heavy (non-hydrogen) atoms. The van der Waals surface area contributed by atoms with Gasteiger partial charge < -0.3 is 10.0 Å². The van der Waals surface area contributed by atoms with E-state index in [2.05, 4.69) is 15.9 Å². The molecule has 0 spiro atoms. The van der Waals surface area contributed by atoms with Gasteiger partial charge in [-0.3, -0.25) is 19.7 Å². The van der Waals surface area contributed by atoms with Crippen LogP contribution in [0.3, 0.4) is 0 Å². The van der Waals surface area contributed by atoms with Gasteiger partial charge in [0.2, 0.25) is 0 Å². The number of halogens is 1. The highest BCUT2D eigenvalue weighted by Gasteiger charge is 2.22. The van der Waals surface area contributed by atoms with Crippen LogP contribution in [0.4, 0.5) is 5.69 Å². The summed E-state index contributed by atoms with van der Waals surface area (Å²) in [5.41, 5.74) is -0.141. The van der Waals surface area contributed by atoms with E-state index in [0.29, 0.717) is 10.9 Å². The summed E-state index contributed by atoms with van der Waals surface area (Å²) >= 11 is 3.15. The number of amides is 1. The van der Waals surface area contributed by atoms with E-state index >= 15 is 0 Å². The molecule has 0 saturated carbocycles. The Kier molecular flexibility index (Phi) is 5.63. The first-order valence-electron chi connectivity index (χ1n) is 5.81. The van der Waals surface area contributed by atoms with Crippen molar-refractivity contribution in [2.24, 2.45) is 0 Å². The van der Waals surface area contributed by atoms with Crippen LogP contribution in [0, 0.1) is 10.1 Å². The maximum atomic E-state index is 12.3. The zero-order valence-corrected chi connectivity index (χ0v) is 12.3. The Morgan fingerprint density at radius 1 is 1.45 bits per heavy atom. The highest BCUT2D eigenvalue weighted by atomic mass is 79.9. The van der Waals surface area contributed by atoms with E-state index in [1.807, 2.05) is 6.92 Å². The highest BCUT2D eigenvalue weighted by Crippen LogP contribution is 2.24. The standard InChI is InChI=1S/C12H13BrN2O5/c1-2-5-14(7-11(16)17)12(18)9-6-8(15(19)20)3-4-10(9)13/h3-4,6H,2,5,7H2,1H3,(H,16,17). The molecule has 1 rings (SSSR count). The molecule has 0 radical (unpaired) electrons. The van der Waals surface area contributed by atoms with Gasteiger partial charge in [0, 0.05) is 23.2 Å². The van der Waals surface area contributed by atoms with E-state index in [0.717, 1.165) is 11.0 Å². The molecule has 0 atom stereocenters. The van der Waals surface area contributed by atoms with Crippen molar-refractivity contribution in [3.05, 3.63) is 38.3 Å². The quantitative estimate of drug-likeness (QED) is 0.630. The predicted molar refractivity (Wildman–Crippen MR) is 74.6 cm³/mol. The minimum absolute atomic E-state index is 0.0777. The van der Waals surface area contributed by atoms with Gasteiger partial charge in [0.1, 0.15) is 6.54 Å². The second-order valence-electron chi connectivity index (χ2n) is 4.04. The fourth-order valence-corrected chi connectivity index (χ4v) is 2.06. The number of non-ortho nitro benzene ring substituents is 1. The van der Waals surface area contributed by atoms with Crippen LogP contribution in [-0.4, -0.2) is 39.9 Å². The maximum Gasteiger partial charge on any atom is 0.323 e. The minimum atomic E-state index is -1.13. The molecule has 0 aliphatic carbocycles. The van der Waals surface area contributed by atoms with E-state index in [-0.39, 0.29) is 17.8 Å². The third-order valence-corrected chi connectivity index (χ3v) is 3.19. The van der Waals surface area contributed by atoms with Crippen molar-refractivity contribution in [1.29, 1.82) is 0 Å². The van der Waals surface area contributed by atoms with Crippen molar-refractivity contribution in [3.63, 3.8) is 0 Å². The van der Waals surface area contributed by atoms with Crippen LogP contribution in [0.1, 0.15) is 23.7 Å². The molecule has 0 unspecified atom stereocenters. The number of benzene rings is 1. The Labute approximate surface area is 123 Å². The molecule has 0 bridgehead atoms. The lowest BCUT2D eigenvalue weighted by Crippen LogP contribution is -2.36. The number of carboxylic acids is 1. The number of hydrogen-bond donors (Lipinski definition) is 1. The van der Waals surface area contributed by atoms with E-state index in [1.165, 1.54) is 12.1 Å². The fourth-order valence-electron chi connectivity index (χ4n) is 1.65. The van der Waals surface area contributed by atoms with E-state index in [1.54, 1.807) is 0 Å². The molecule has 0 aliphatic heterocycles. The first-order valence-corrected chi connectivity index (χ1v) is 6.61. The lowest BCUT2D eigenvalue weighted by atomic mass is 10.1. The molecule has 108 valence electrons. The number of nitro benzene ring substituents is 1. The van der Waals surface area contributed by atoms with E-state index < -0.39 is 23.3 Å². The van der Waals surface area contributed by atoms with Crippen molar-refractivity contribution >= 4 is 33.5 Å². The Hall–Kier alpha value is -1.96. The van der Waals surface area contributed by atoms with Crippen LogP contribution in [0.5, 0.6) is 0 Å². The van der Waals surface area contributed by atoms with Crippen LogP contribution in [-0.2, 0) is 4.79 Å². The first-order chi connectivity index (χ1) is 9.36. The zero-order valence-electron chi connectivity index (χ0n) is 10.7. The molecular formula is C12H13BrN2O5. The number of rotatable bonds is 6. The predicted octanol–water partition coefficient (Wildman–Crippen LogP) is 2.29. The number of carboxylic acid groups (broad SMARTS) is 1. The van der Waals surface area contributed by atoms with Gasteiger partial charge in [0.15, 0.2) is 0 Å². The molecule has 0 fully saturated rings. The summed E-state index contributed by atoms with van der Waals surface area (Å²) in [6, 6.07) is 3.80. The molecule has 8 heteroatoms.